The average molecular weight is 128 g/mol. The second-order valence-corrected chi connectivity index (χ2v) is 2.08. The van der Waals surface area contributed by atoms with E-state index in [1.54, 1.807) is 6.20 Å². The Morgan fingerprint density at radius 1 is 1.67 bits per heavy atom. The number of rotatable bonds is 5. The van der Waals surface area contributed by atoms with Gasteiger partial charge in [-0.05, 0) is 19.7 Å². The molecule has 2 heteroatoms. The molecule has 0 saturated carbocycles. The van der Waals surface area contributed by atoms with E-state index in [4.69, 9.17) is 0 Å². The Hall–Kier alpha value is -0.500. The molecule has 2 nitrogen and oxygen atoms in total. The van der Waals surface area contributed by atoms with Gasteiger partial charge in [-0.1, -0.05) is 13.5 Å². The van der Waals surface area contributed by atoms with E-state index in [2.05, 4.69) is 31.1 Å². The quantitative estimate of drug-likeness (QED) is 0.570. The minimum atomic E-state index is 0.488. The van der Waals surface area contributed by atoms with Crippen LogP contribution in [-0.2, 0) is 0 Å². The number of hydrogen-bond acceptors (Lipinski definition) is 2. The Bertz CT molecular complexity index is 71.3. The minimum absolute atomic E-state index is 0.488. The summed E-state index contributed by atoms with van der Waals surface area (Å²) < 4.78 is 0. The van der Waals surface area contributed by atoms with Crippen molar-refractivity contribution in [3.63, 3.8) is 0 Å². The molecule has 0 aliphatic heterocycles. The number of likely N-dealkylation sites (N-methyl/N-ethyl adjacent to an activating group) is 1. The van der Waals surface area contributed by atoms with Crippen molar-refractivity contribution in [1.82, 2.24) is 10.6 Å². The fourth-order valence-electron chi connectivity index (χ4n) is 0.621. The summed E-state index contributed by atoms with van der Waals surface area (Å²) in [7, 11) is 0. The van der Waals surface area contributed by atoms with Gasteiger partial charge < -0.3 is 10.6 Å². The molecule has 0 spiro atoms. The molecule has 0 heterocycles. The van der Waals surface area contributed by atoms with Crippen LogP contribution in [0, 0.1) is 0 Å². The molecule has 0 aromatic heterocycles. The lowest BCUT2D eigenvalue weighted by molar-refractivity contribution is 0.570. The van der Waals surface area contributed by atoms with E-state index < -0.39 is 0 Å². The third-order valence-electron chi connectivity index (χ3n) is 1.10. The van der Waals surface area contributed by atoms with E-state index in [9.17, 15) is 0 Å². The molecule has 0 radical (unpaired) electrons. The molecule has 0 amide bonds. The van der Waals surface area contributed by atoms with Crippen LogP contribution < -0.4 is 10.6 Å². The van der Waals surface area contributed by atoms with Crippen LogP contribution in [0.2, 0.25) is 0 Å². The predicted molar refractivity (Wildman–Crippen MR) is 41.3 cm³/mol. The third-order valence-corrected chi connectivity index (χ3v) is 1.10. The molecule has 2 N–H and O–H groups in total. The van der Waals surface area contributed by atoms with Crippen LogP contribution in [-0.4, -0.2) is 19.1 Å². The zero-order valence-corrected chi connectivity index (χ0v) is 6.28. The van der Waals surface area contributed by atoms with E-state index >= 15 is 0 Å². The van der Waals surface area contributed by atoms with Crippen molar-refractivity contribution in [1.29, 1.82) is 0 Å². The molecule has 54 valence electrons. The maximum atomic E-state index is 3.57. The molecule has 9 heavy (non-hydrogen) atoms. The Morgan fingerprint density at radius 2 is 2.33 bits per heavy atom. The van der Waals surface area contributed by atoms with Gasteiger partial charge >= 0.3 is 0 Å². The molecule has 0 unspecified atom stereocenters. The molecule has 0 saturated heterocycles. The monoisotopic (exact) mass is 128 g/mol. The lowest BCUT2D eigenvalue weighted by atomic mass is 10.3. The van der Waals surface area contributed by atoms with Crippen molar-refractivity contribution < 1.29 is 0 Å². The first-order valence-corrected chi connectivity index (χ1v) is 3.39. The standard InChI is InChI=1S/C7H16N2/c1-4-8-6-7(3)9-5-2/h5,7-9H,2,4,6H2,1,3H3/t7-/m0/s1. The van der Waals surface area contributed by atoms with Crippen molar-refractivity contribution in [2.24, 2.45) is 0 Å². The molecule has 0 aromatic carbocycles. The van der Waals surface area contributed by atoms with E-state index in [0.717, 1.165) is 13.1 Å². The summed E-state index contributed by atoms with van der Waals surface area (Å²) in [6, 6.07) is 0.488. The zero-order chi connectivity index (χ0) is 7.11. The van der Waals surface area contributed by atoms with Gasteiger partial charge in [-0.2, -0.15) is 0 Å². The topological polar surface area (TPSA) is 24.1 Å². The molecular formula is C7H16N2. The normalized spacial score (nSPS) is 12.7. The van der Waals surface area contributed by atoms with Crippen molar-refractivity contribution in [2.45, 2.75) is 19.9 Å². The zero-order valence-electron chi connectivity index (χ0n) is 6.28. The van der Waals surface area contributed by atoms with Crippen molar-refractivity contribution in [3.05, 3.63) is 12.8 Å². The van der Waals surface area contributed by atoms with Crippen molar-refractivity contribution in [3.8, 4) is 0 Å². The molecular weight excluding hydrogens is 112 g/mol. The first-order chi connectivity index (χ1) is 4.31. The van der Waals surface area contributed by atoms with Gasteiger partial charge in [-0.3, -0.25) is 0 Å². The van der Waals surface area contributed by atoms with E-state index in [1.165, 1.54) is 0 Å². The highest BCUT2D eigenvalue weighted by molar-refractivity contribution is 4.71. The van der Waals surface area contributed by atoms with Crippen LogP contribution >= 0.6 is 0 Å². The van der Waals surface area contributed by atoms with Gasteiger partial charge in [-0.15, -0.1) is 0 Å². The van der Waals surface area contributed by atoms with Crippen LogP contribution in [0.25, 0.3) is 0 Å². The summed E-state index contributed by atoms with van der Waals surface area (Å²) in [6.07, 6.45) is 1.72. The average Bonchev–Trinajstić information content (AvgIpc) is 1.85. The van der Waals surface area contributed by atoms with Crippen LogP contribution in [0.3, 0.4) is 0 Å². The van der Waals surface area contributed by atoms with E-state index in [1.807, 2.05) is 0 Å². The summed E-state index contributed by atoms with van der Waals surface area (Å²) in [5.41, 5.74) is 0. The second kappa shape index (κ2) is 5.63. The summed E-state index contributed by atoms with van der Waals surface area (Å²) >= 11 is 0. The minimum Gasteiger partial charge on any atom is -0.388 e. The maximum Gasteiger partial charge on any atom is 0.0352 e. The van der Waals surface area contributed by atoms with E-state index in [-0.39, 0.29) is 0 Å². The van der Waals surface area contributed by atoms with E-state index in [0.29, 0.717) is 6.04 Å². The van der Waals surface area contributed by atoms with Crippen molar-refractivity contribution in [2.75, 3.05) is 13.1 Å². The maximum absolute atomic E-state index is 3.57. The molecule has 0 aliphatic carbocycles. The summed E-state index contributed by atoms with van der Waals surface area (Å²) in [4.78, 5) is 0. The lowest BCUT2D eigenvalue weighted by Gasteiger charge is -2.10. The SMILES string of the molecule is C=CN[C@@H](C)CNCC. The van der Waals surface area contributed by atoms with Crippen LogP contribution in [0.1, 0.15) is 13.8 Å². The summed E-state index contributed by atoms with van der Waals surface area (Å²) in [5.74, 6) is 0. The Kier molecular flexibility index (Phi) is 5.32. The molecule has 0 fully saturated rings. The highest BCUT2D eigenvalue weighted by Crippen LogP contribution is 1.75. The number of nitrogens with one attached hydrogen (secondary N) is 2. The fourth-order valence-corrected chi connectivity index (χ4v) is 0.621. The lowest BCUT2D eigenvalue weighted by Crippen LogP contribution is -2.32. The molecule has 0 rings (SSSR count). The van der Waals surface area contributed by atoms with Crippen LogP contribution in [0.15, 0.2) is 12.8 Å². The third kappa shape index (κ3) is 5.37. The van der Waals surface area contributed by atoms with Crippen LogP contribution in [0.5, 0.6) is 0 Å². The van der Waals surface area contributed by atoms with Crippen molar-refractivity contribution >= 4 is 0 Å². The Morgan fingerprint density at radius 3 is 2.78 bits per heavy atom. The fraction of sp³-hybridized carbons (Fsp3) is 0.714. The summed E-state index contributed by atoms with van der Waals surface area (Å²) in [5, 5.41) is 6.30. The van der Waals surface area contributed by atoms with Crippen LogP contribution in [0.4, 0.5) is 0 Å². The summed E-state index contributed by atoms with van der Waals surface area (Å²) in [6.45, 7) is 9.82. The first-order valence-electron chi connectivity index (χ1n) is 3.39. The van der Waals surface area contributed by atoms with Gasteiger partial charge in [0, 0.05) is 12.6 Å². The van der Waals surface area contributed by atoms with Gasteiger partial charge in [0.25, 0.3) is 0 Å². The Balaban J connectivity index is 3.04. The van der Waals surface area contributed by atoms with Gasteiger partial charge in [0.15, 0.2) is 0 Å². The molecule has 0 bridgehead atoms. The highest BCUT2D eigenvalue weighted by Gasteiger charge is 1.93. The van der Waals surface area contributed by atoms with Gasteiger partial charge in [-0.25, -0.2) is 0 Å². The Labute approximate surface area is 57.3 Å². The second-order valence-electron chi connectivity index (χ2n) is 2.08. The predicted octanol–water partition coefficient (Wildman–Crippen LogP) is 0.717. The smallest absolute Gasteiger partial charge is 0.0352 e. The van der Waals surface area contributed by atoms with Gasteiger partial charge in [0.2, 0.25) is 0 Å². The first kappa shape index (κ1) is 8.50. The number of hydrogen-bond donors (Lipinski definition) is 2. The molecule has 0 aliphatic rings. The van der Waals surface area contributed by atoms with Gasteiger partial charge in [0.05, 0.1) is 0 Å². The molecule has 1 atom stereocenters. The highest BCUT2D eigenvalue weighted by atomic mass is 15.0. The largest absolute Gasteiger partial charge is 0.388 e. The van der Waals surface area contributed by atoms with Gasteiger partial charge in [0.1, 0.15) is 0 Å². The molecule has 0 aromatic rings.